The second-order valence-electron chi connectivity index (χ2n) is 8.52. The van der Waals surface area contributed by atoms with Gasteiger partial charge in [0.15, 0.2) is 11.5 Å². The topological polar surface area (TPSA) is 101 Å². The molecule has 1 atom stereocenters. The van der Waals surface area contributed by atoms with Crippen molar-refractivity contribution in [2.45, 2.75) is 44.6 Å². The fraction of sp³-hybridized carbons (Fsp3) is 0.429. The standard InChI is InChI=1S/C21H25N7O/c1-21(2)16-6-5-15(10-13(16)11-17(21)29)24-20-25-19-18(23-7-9-28(19)26-20)27-8-3-4-14(22)12-27/h5-7,9-10,14H,3-4,8,11-12,22H2,1-2H3,(H,24,26)/t14-/m0/s1. The summed E-state index contributed by atoms with van der Waals surface area (Å²) in [5.41, 5.74) is 9.48. The van der Waals surface area contributed by atoms with Crippen molar-refractivity contribution in [2.75, 3.05) is 23.3 Å². The third-order valence-electron chi connectivity index (χ3n) is 6.08. The molecular weight excluding hydrogens is 366 g/mol. The number of nitrogens with one attached hydrogen (secondary N) is 1. The number of hydrogen-bond acceptors (Lipinski definition) is 7. The van der Waals surface area contributed by atoms with Crippen molar-refractivity contribution in [2.24, 2.45) is 5.73 Å². The summed E-state index contributed by atoms with van der Waals surface area (Å²) >= 11 is 0. The third-order valence-corrected chi connectivity index (χ3v) is 6.08. The van der Waals surface area contributed by atoms with Crippen LogP contribution in [0.2, 0.25) is 0 Å². The molecule has 5 rings (SSSR count). The number of nitrogens with two attached hydrogens (primary N) is 1. The molecule has 0 bridgehead atoms. The molecule has 8 heteroatoms. The minimum Gasteiger partial charge on any atom is -0.352 e. The quantitative estimate of drug-likeness (QED) is 0.706. The number of piperidine rings is 1. The molecule has 150 valence electrons. The number of carbonyl (C=O) groups excluding carboxylic acids is 1. The van der Waals surface area contributed by atoms with Gasteiger partial charge in [-0.3, -0.25) is 4.79 Å². The Morgan fingerprint density at radius 3 is 3.00 bits per heavy atom. The van der Waals surface area contributed by atoms with Gasteiger partial charge in [0.25, 0.3) is 0 Å². The molecule has 8 nitrogen and oxygen atoms in total. The van der Waals surface area contributed by atoms with Gasteiger partial charge in [-0.2, -0.15) is 4.98 Å². The Labute approximate surface area is 169 Å². The fourth-order valence-electron chi connectivity index (χ4n) is 4.38. The molecule has 29 heavy (non-hydrogen) atoms. The van der Waals surface area contributed by atoms with Crippen LogP contribution in [-0.4, -0.2) is 44.5 Å². The van der Waals surface area contributed by atoms with Crippen molar-refractivity contribution in [3.63, 3.8) is 0 Å². The van der Waals surface area contributed by atoms with Crippen molar-refractivity contribution in [3.05, 3.63) is 41.7 Å². The van der Waals surface area contributed by atoms with Crippen LogP contribution in [0.5, 0.6) is 0 Å². The van der Waals surface area contributed by atoms with Crippen LogP contribution in [-0.2, 0) is 16.6 Å². The maximum absolute atomic E-state index is 12.3. The SMILES string of the molecule is CC1(C)C(=O)Cc2cc(Nc3nc4c(N5CCC[C@H](N)C5)nccn4n3)ccc21. The molecule has 1 saturated heterocycles. The summed E-state index contributed by atoms with van der Waals surface area (Å²) in [5, 5.41) is 7.83. The van der Waals surface area contributed by atoms with Crippen LogP contribution < -0.4 is 16.0 Å². The lowest BCUT2D eigenvalue weighted by atomic mass is 9.86. The van der Waals surface area contributed by atoms with E-state index in [-0.39, 0.29) is 11.8 Å². The van der Waals surface area contributed by atoms with E-state index in [0.29, 0.717) is 18.0 Å². The minimum atomic E-state index is -0.412. The zero-order valence-electron chi connectivity index (χ0n) is 16.7. The number of carbonyl (C=O) groups is 1. The first-order valence-corrected chi connectivity index (χ1v) is 10.1. The van der Waals surface area contributed by atoms with E-state index in [1.165, 1.54) is 0 Å². The van der Waals surface area contributed by atoms with E-state index in [9.17, 15) is 4.79 Å². The Bertz CT molecular complexity index is 1100. The second-order valence-corrected chi connectivity index (χ2v) is 8.52. The molecule has 0 spiro atoms. The highest BCUT2D eigenvalue weighted by atomic mass is 16.1. The van der Waals surface area contributed by atoms with Gasteiger partial charge >= 0.3 is 0 Å². The highest BCUT2D eigenvalue weighted by Gasteiger charge is 2.37. The average Bonchev–Trinajstić information content (AvgIpc) is 3.19. The zero-order valence-corrected chi connectivity index (χ0v) is 16.7. The van der Waals surface area contributed by atoms with Crippen LogP contribution in [0.1, 0.15) is 37.8 Å². The van der Waals surface area contributed by atoms with Crippen LogP contribution in [0.25, 0.3) is 5.65 Å². The molecule has 3 heterocycles. The van der Waals surface area contributed by atoms with Gasteiger partial charge in [0.05, 0.1) is 0 Å². The number of fused-ring (bicyclic) bond motifs is 2. The lowest BCUT2D eigenvalue weighted by Gasteiger charge is -2.31. The number of benzene rings is 1. The van der Waals surface area contributed by atoms with E-state index in [0.717, 1.165) is 48.6 Å². The molecule has 0 unspecified atom stereocenters. The number of aromatic nitrogens is 4. The molecule has 1 aromatic carbocycles. The smallest absolute Gasteiger partial charge is 0.247 e. The molecule has 1 fully saturated rings. The largest absolute Gasteiger partial charge is 0.352 e. The summed E-state index contributed by atoms with van der Waals surface area (Å²) < 4.78 is 1.74. The molecular formula is C21H25N7O. The van der Waals surface area contributed by atoms with Crippen LogP contribution in [0, 0.1) is 0 Å². The Morgan fingerprint density at radius 2 is 2.17 bits per heavy atom. The minimum absolute atomic E-state index is 0.157. The maximum atomic E-state index is 12.3. The molecule has 1 aliphatic heterocycles. The summed E-state index contributed by atoms with van der Waals surface area (Å²) in [7, 11) is 0. The Hall–Kier alpha value is -3.00. The summed E-state index contributed by atoms with van der Waals surface area (Å²) in [5.74, 6) is 1.57. The van der Waals surface area contributed by atoms with Gasteiger partial charge in [-0.25, -0.2) is 9.50 Å². The molecule has 3 aromatic rings. The van der Waals surface area contributed by atoms with Crippen LogP contribution in [0.3, 0.4) is 0 Å². The van der Waals surface area contributed by atoms with E-state index in [1.807, 2.05) is 32.0 Å². The van der Waals surface area contributed by atoms with E-state index in [2.05, 4.69) is 25.3 Å². The number of nitrogens with zero attached hydrogens (tertiary/aromatic N) is 5. The summed E-state index contributed by atoms with van der Waals surface area (Å²) in [6.07, 6.45) is 6.10. The lowest BCUT2D eigenvalue weighted by molar-refractivity contribution is -0.121. The predicted molar refractivity (Wildman–Crippen MR) is 112 cm³/mol. The highest BCUT2D eigenvalue weighted by molar-refractivity contribution is 5.96. The number of anilines is 3. The highest BCUT2D eigenvalue weighted by Crippen LogP contribution is 2.37. The number of ketones is 1. The maximum Gasteiger partial charge on any atom is 0.247 e. The molecule has 0 amide bonds. The van der Waals surface area contributed by atoms with Crippen molar-refractivity contribution >= 4 is 28.9 Å². The first-order chi connectivity index (χ1) is 13.9. The van der Waals surface area contributed by atoms with Crippen molar-refractivity contribution in [3.8, 4) is 0 Å². The first-order valence-electron chi connectivity index (χ1n) is 10.1. The first kappa shape index (κ1) is 18.1. The molecule has 3 N–H and O–H groups in total. The second kappa shape index (κ2) is 6.52. The van der Waals surface area contributed by atoms with E-state index >= 15 is 0 Å². The molecule has 2 aliphatic rings. The Balaban J connectivity index is 1.44. The zero-order chi connectivity index (χ0) is 20.2. The fourth-order valence-corrected chi connectivity index (χ4v) is 4.38. The van der Waals surface area contributed by atoms with Gasteiger partial charge < -0.3 is 16.0 Å². The van der Waals surface area contributed by atoms with Gasteiger partial charge in [0.2, 0.25) is 5.95 Å². The number of hydrogen-bond donors (Lipinski definition) is 2. The van der Waals surface area contributed by atoms with Gasteiger partial charge in [0, 0.05) is 49.0 Å². The number of rotatable bonds is 3. The van der Waals surface area contributed by atoms with E-state index in [1.54, 1.807) is 16.9 Å². The van der Waals surface area contributed by atoms with Crippen LogP contribution in [0.4, 0.5) is 17.5 Å². The van der Waals surface area contributed by atoms with Gasteiger partial charge in [-0.15, -0.1) is 5.10 Å². The molecule has 0 radical (unpaired) electrons. The monoisotopic (exact) mass is 391 g/mol. The molecule has 0 saturated carbocycles. The third kappa shape index (κ3) is 3.04. The van der Waals surface area contributed by atoms with Crippen LogP contribution >= 0.6 is 0 Å². The van der Waals surface area contributed by atoms with Gasteiger partial charge in [0.1, 0.15) is 5.78 Å². The Morgan fingerprint density at radius 1 is 1.31 bits per heavy atom. The number of Topliss-reactive ketones (excluding diaryl/α,β-unsaturated/α-hetero) is 1. The van der Waals surface area contributed by atoms with Crippen molar-refractivity contribution < 1.29 is 4.79 Å². The van der Waals surface area contributed by atoms with E-state index in [4.69, 9.17) is 5.73 Å². The van der Waals surface area contributed by atoms with Gasteiger partial charge in [-0.1, -0.05) is 6.07 Å². The molecule has 1 aliphatic carbocycles. The summed E-state index contributed by atoms with van der Waals surface area (Å²) in [6, 6.07) is 6.19. The normalized spacial score (nSPS) is 20.9. The van der Waals surface area contributed by atoms with Gasteiger partial charge in [-0.05, 0) is 49.9 Å². The summed E-state index contributed by atoms with van der Waals surface area (Å²) in [6.45, 7) is 5.67. The van der Waals surface area contributed by atoms with Crippen LogP contribution in [0.15, 0.2) is 30.6 Å². The van der Waals surface area contributed by atoms with Crippen molar-refractivity contribution in [1.29, 1.82) is 0 Å². The Kier molecular flexibility index (Phi) is 4.06. The van der Waals surface area contributed by atoms with Crippen molar-refractivity contribution in [1.82, 2.24) is 19.6 Å². The lowest BCUT2D eigenvalue weighted by Crippen LogP contribution is -2.43. The average molecular weight is 391 g/mol. The van der Waals surface area contributed by atoms with E-state index < -0.39 is 5.41 Å². The predicted octanol–water partition coefficient (Wildman–Crippen LogP) is 2.20. The summed E-state index contributed by atoms with van der Waals surface area (Å²) in [4.78, 5) is 23.7. The molecule has 2 aromatic heterocycles.